The fraction of sp³-hybridized carbons (Fsp3) is 0.478. The summed E-state index contributed by atoms with van der Waals surface area (Å²) in [4.78, 5) is 2.13. The van der Waals surface area contributed by atoms with Crippen molar-refractivity contribution < 1.29 is 31.0 Å². The minimum absolute atomic E-state index is 0.169. The highest BCUT2D eigenvalue weighted by molar-refractivity contribution is 7.89. The van der Waals surface area contributed by atoms with Gasteiger partial charge in [-0.3, -0.25) is 0 Å². The topological polar surface area (TPSA) is 106 Å². The van der Waals surface area contributed by atoms with E-state index in [2.05, 4.69) is 0 Å². The number of nitrogens with zero attached hydrogens (tertiary/aromatic N) is 3. The third kappa shape index (κ3) is 5.06. The van der Waals surface area contributed by atoms with Crippen molar-refractivity contribution in [3.05, 3.63) is 41.5 Å². The first-order chi connectivity index (χ1) is 16.6. The second kappa shape index (κ2) is 9.84. The number of sulfonamides is 2. The van der Waals surface area contributed by atoms with Gasteiger partial charge in [-0.2, -0.15) is 8.61 Å². The molecule has 0 N–H and O–H groups in total. The predicted octanol–water partition coefficient (Wildman–Crippen LogP) is 1.54. The molecule has 0 bridgehead atoms. The van der Waals surface area contributed by atoms with Gasteiger partial charge >= 0.3 is 0 Å². The highest BCUT2D eigenvalue weighted by atomic mass is 32.2. The molecule has 2 aliphatic heterocycles. The van der Waals surface area contributed by atoms with Gasteiger partial charge in [0, 0.05) is 39.3 Å². The molecule has 35 heavy (non-hydrogen) atoms. The highest BCUT2D eigenvalue weighted by Gasteiger charge is 2.31. The van der Waals surface area contributed by atoms with Crippen LogP contribution in [0.2, 0.25) is 0 Å². The van der Waals surface area contributed by atoms with Crippen molar-refractivity contribution in [2.24, 2.45) is 0 Å². The van der Waals surface area contributed by atoms with Crippen molar-refractivity contribution in [3.63, 3.8) is 0 Å². The molecule has 0 atom stereocenters. The zero-order chi connectivity index (χ0) is 25.4. The fourth-order valence-electron chi connectivity index (χ4n) is 4.55. The lowest BCUT2D eigenvalue weighted by Gasteiger charge is -2.35. The molecule has 10 nitrogen and oxygen atoms in total. The average molecular weight is 526 g/mol. The molecule has 2 aliphatic rings. The lowest BCUT2D eigenvalue weighted by molar-refractivity contribution is 0.348. The van der Waals surface area contributed by atoms with Crippen LogP contribution in [0.3, 0.4) is 0 Å². The van der Waals surface area contributed by atoms with Crippen molar-refractivity contribution in [2.75, 3.05) is 65.2 Å². The molecule has 2 aromatic rings. The molecular weight excluding hydrogens is 494 g/mol. The third-order valence-corrected chi connectivity index (χ3v) is 9.66. The summed E-state index contributed by atoms with van der Waals surface area (Å²) < 4.78 is 70.1. The van der Waals surface area contributed by atoms with Gasteiger partial charge in [-0.1, -0.05) is 0 Å². The zero-order valence-corrected chi connectivity index (χ0v) is 22.0. The molecule has 0 spiro atoms. The van der Waals surface area contributed by atoms with E-state index in [4.69, 9.17) is 14.2 Å². The van der Waals surface area contributed by atoms with Crippen LogP contribution < -0.4 is 19.1 Å². The van der Waals surface area contributed by atoms with Crippen LogP contribution in [-0.4, -0.2) is 85.8 Å². The zero-order valence-electron chi connectivity index (χ0n) is 20.4. The van der Waals surface area contributed by atoms with Crippen LogP contribution in [0.5, 0.6) is 17.2 Å². The van der Waals surface area contributed by atoms with Crippen molar-refractivity contribution in [1.29, 1.82) is 0 Å². The summed E-state index contributed by atoms with van der Waals surface area (Å²) in [6, 6.07) is 8.55. The van der Waals surface area contributed by atoms with Crippen molar-refractivity contribution >= 4 is 25.7 Å². The minimum atomic E-state index is -3.79. The quantitative estimate of drug-likeness (QED) is 0.536. The molecule has 0 aliphatic carbocycles. The van der Waals surface area contributed by atoms with E-state index in [9.17, 15) is 16.8 Å². The fourth-order valence-corrected chi connectivity index (χ4v) is 6.82. The lowest BCUT2D eigenvalue weighted by Crippen LogP contribution is -2.48. The summed E-state index contributed by atoms with van der Waals surface area (Å²) in [5, 5.41) is 0. The molecule has 0 radical (unpaired) electrons. The summed E-state index contributed by atoms with van der Waals surface area (Å²) >= 11 is 0. The number of hydrogen-bond donors (Lipinski definition) is 0. The number of ether oxygens (including phenoxy) is 3. The van der Waals surface area contributed by atoms with Gasteiger partial charge in [0.05, 0.1) is 38.2 Å². The third-order valence-electron chi connectivity index (χ3n) is 6.52. The van der Waals surface area contributed by atoms with E-state index < -0.39 is 20.0 Å². The van der Waals surface area contributed by atoms with Gasteiger partial charge in [-0.25, -0.2) is 16.8 Å². The Bertz CT molecular complexity index is 1300. The standard InChI is InChI=1S/C23H31N3O7S2/c1-31-21-6-5-19(15-20(21)24-9-11-25(12-10-24)34(4,27)28)35(29,30)26-8-7-17-13-22(32-2)23(33-3)14-18(17)16-26/h5-6,13-15H,7-12,16H2,1-4H3. The van der Waals surface area contributed by atoms with Crippen LogP contribution in [0, 0.1) is 0 Å². The Hall–Kier alpha value is -2.54. The number of hydrogen-bond acceptors (Lipinski definition) is 8. The highest BCUT2D eigenvalue weighted by Crippen LogP contribution is 2.36. The van der Waals surface area contributed by atoms with Crippen molar-refractivity contribution in [1.82, 2.24) is 8.61 Å². The second-order valence-corrected chi connectivity index (χ2v) is 12.5. The molecule has 0 saturated carbocycles. The Balaban J connectivity index is 1.60. The summed E-state index contributed by atoms with van der Waals surface area (Å²) in [5.74, 6) is 1.72. The smallest absolute Gasteiger partial charge is 0.243 e. The van der Waals surface area contributed by atoms with E-state index in [1.807, 2.05) is 17.0 Å². The summed E-state index contributed by atoms with van der Waals surface area (Å²) in [5.41, 5.74) is 2.54. The first-order valence-corrected chi connectivity index (χ1v) is 14.5. The van der Waals surface area contributed by atoms with Crippen LogP contribution in [0.4, 0.5) is 5.69 Å². The first kappa shape index (κ1) is 25.5. The van der Waals surface area contributed by atoms with E-state index in [1.54, 1.807) is 32.4 Å². The van der Waals surface area contributed by atoms with Gasteiger partial charge in [-0.05, 0) is 47.9 Å². The van der Waals surface area contributed by atoms with Gasteiger partial charge in [0.1, 0.15) is 5.75 Å². The largest absolute Gasteiger partial charge is 0.495 e. The Morgan fingerprint density at radius 3 is 1.89 bits per heavy atom. The van der Waals surface area contributed by atoms with Crippen LogP contribution in [-0.2, 0) is 33.0 Å². The Kier molecular flexibility index (Phi) is 7.18. The number of anilines is 1. The summed E-state index contributed by atoms with van der Waals surface area (Å²) in [6.45, 7) is 2.10. The Labute approximate surface area is 207 Å². The average Bonchev–Trinajstić information content (AvgIpc) is 2.86. The van der Waals surface area contributed by atoms with Crippen LogP contribution in [0.1, 0.15) is 11.1 Å². The molecule has 1 fully saturated rings. The van der Waals surface area contributed by atoms with Gasteiger partial charge in [0.25, 0.3) is 0 Å². The molecule has 192 valence electrons. The van der Waals surface area contributed by atoms with Gasteiger partial charge in [-0.15, -0.1) is 0 Å². The van der Waals surface area contributed by atoms with Crippen LogP contribution in [0.15, 0.2) is 35.2 Å². The molecule has 4 rings (SSSR count). The number of piperazine rings is 1. The molecule has 0 unspecified atom stereocenters. The maximum atomic E-state index is 13.6. The van der Waals surface area contributed by atoms with Crippen LogP contribution in [0.25, 0.3) is 0 Å². The summed E-state index contributed by atoms with van der Waals surface area (Å²) in [6.07, 6.45) is 1.75. The number of fused-ring (bicyclic) bond motifs is 1. The SMILES string of the molecule is COc1cc2c(cc1OC)CN(S(=O)(=O)c1ccc(OC)c(N3CCN(S(C)(=O)=O)CC3)c1)CC2. The first-order valence-electron chi connectivity index (χ1n) is 11.2. The van der Waals surface area contributed by atoms with Gasteiger partial charge < -0.3 is 19.1 Å². The maximum absolute atomic E-state index is 13.6. The molecule has 0 aromatic heterocycles. The van der Waals surface area contributed by atoms with Crippen molar-refractivity contribution in [3.8, 4) is 17.2 Å². The Morgan fingerprint density at radius 2 is 1.31 bits per heavy atom. The molecule has 1 saturated heterocycles. The number of benzene rings is 2. The minimum Gasteiger partial charge on any atom is -0.495 e. The van der Waals surface area contributed by atoms with E-state index in [0.29, 0.717) is 62.1 Å². The predicted molar refractivity (Wildman–Crippen MR) is 132 cm³/mol. The molecule has 2 aromatic carbocycles. The molecular formula is C23H31N3O7S2. The maximum Gasteiger partial charge on any atom is 0.243 e. The van der Waals surface area contributed by atoms with E-state index in [1.165, 1.54) is 22.0 Å². The van der Waals surface area contributed by atoms with Gasteiger partial charge in [0.15, 0.2) is 11.5 Å². The lowest BCUT2D eigenvalue weighted by atomic mass is 10.0. The summed E-state index contributed by atoms with van der Waals surface area (Å²) in [7, 11) is -2.40. The monoisotopic (exact) mass is 525 g/mol. The Morgan fingerprint density at radius 1 is 0.714 bits per heavy atom. The molecule has 2 heterocycles. The molecule has 0 amide bonds. The number of rotatable bonds is 7. The van der Waals surface area contributed by atoms with Crippen molar-refractivity contribution in [2.45, 2.75) is 17.9 Å². The second-order valence-electron chi connectivity index (χ2n) is 8.55. The van der Waals surface area contributed by atoms with Gasteiger partial charge in [0.2, 0.25) is 20.0 Å². The van der Waals surface area contributed by atoms with E-state index in [-0.39, 0.29) is 11.4 Å². The van der Waals surface area contributed by atoms with E-state index in [0.717, 1.165) is 11.1 Å². The molecule has 12 heteroatoms. The van der Waals surface area contributed by atoms with E-state index >= 15 is 0 Å². The van der Waals surface area contributed by atoms with Crippen LogP contribution >= 0.6 is 0 Å². The normalized spacial score (nSPS) is 17.7. The number of methoxy groups -OCH3 is 3.